The molecule has 2 aromatic heterocycles. The van der Waals surface area contributed by atoms with Crippen LogP contribution in [0.25, 0.3) is 21.0 Å². The fraction of sp³-hybridized carbons (Fsp3) is 0.107. The Labute approximate surface area is 223 Å². The molecule has 5 aromatic rings. The van der Waals surface area contributed by atoms with Crippen LogP contribution in [0.5, 0.6) is 0 Å². The van der Waals surface area contributed by atoms with Gasteiger partial charge in [-0.2, -0.15) is 0 Å². The van der Waals surface area contributed by atoms with Crippen LogP contribution in [0.1, 0.15) is 22.1 Å². The van der Waals surface area contributed by atoms with Crippen molar-refractivity contribution in [2.75, 3.05) is 4.90 Å². The smallest absolute Gasteiger partial charge is 0.287 e. The Balaban J connectivity index is 1.63. The molecule has 192 valence electrons. The van der Waals surface area contributed by atoms with Crippen LogP contribution < -0.4 is 16.0 Å². The number of imide groups is 1. The lowest BCUT2D eigenvalue weighted by atomic mass is 9.91. The highest BCUT2D eigenvalue weighted by Crippen LogP contribution is 2.36. The first-order chi connectivity index (χ1) is 18.7. The molecule has 0 radical (unpaired) electrons. The zero-order chi connectivity index (χ0) is 27.4. The number of aromatic nitrogens is 3. The predicted octanol–water partition coefficient (Wildman–Crippen LogP) is 3.44. The van der Waals surface area contributed by atoms with Crippen LogP contribution in [0, 0.1) is 13.8 Å². The monoisotopic (exact) mass is 537 g/mol. The van der Waals surface area contributed by atoms with Gasteiger partial charge < -0.3 is 0 Å². The molecule has 1 saturated heterocycles. The largest absolute Gasteiger partial charge is 0.302 e. The Hall–Kier alpha value is -5.03. The van der Waals surface area contributed by atoms with Gasteiger partial charge in [0, 0.05) is 0 Å². The standard InChI is InChI=1S/C28H19N5O5S/c1-13-10-11-14(2)18(12-13)33-27(37)22(29-17-8-5-6-15-20(17)25(36)32-31-24(15)35)21(23(34)28(33)38)26-30-16-7-3-4-9-19(16)39-26/h3-12,21H,1-2H3,(H,31,35)(H,32,36). The number of aryl methyl sites for hydroxylation is 2. The summed E-state index contributed by atoms with van der Waals surface area (Å²) in [6.07, 6.45) is 0. The van der Waals surface area contributed by atoms with Gasteiger partial charge in [0.1, 0.15) is 16.6 Å². The maximum Gasteiger partial charge on any atom is 0.302 e. The number of hydrogen-bond acceptors (Lipinski definition) is 8. The molecule has 2 N–H and O–H groups in total. The van der Waals surface area contributed by atoms with E-state index in [0.29, 0.717) is 11.1 Å². The molecule has 39 heavy (non-hydrogen) atoms. The molecular formula is C28H19N5O5S. The normalized spacial score (nSPS) is 17.1. The topological polar surface area (TPSA) is 145 Å². The SMILES string of the molecule is Cc1ccc(C)c(N2C(=O)C(=O)C(c3nc4ccccc4s3)C(=Nc3cccc4c(=O)[nH][nH]c(=O)c34)C2=O)c1. The third kappa shape index (κ3) is 3.91. The van der Waals surface area contributed by atoms with Crippen LogP contribution >= 0.6 is 11.3 Å². The number of Topliss-reactive ketones (excluding diaryl/α,β-unsaturated/α-hetero) is 1. The Bertz CT molecular complexity index is 1990. The number of nitrogens with zero attached hydrogens (tertiary/aromatic N) is 3. The fourth-order valence-corrected chi connectivity index (χ4v) is 5.73. The van der Waals surface area contributed by atoms with E-state index in [1.165, 1.54) is 29.5 Å². The Morgan fingerprint density at radius 1 is 0.872 bits per heavy atom. The first-order valence-electron chi connectivity index (χ1n) is 11.9. The molecule has 1 aliphatic heterocycles. The molecule has 0 aliphatic carbocycles. The van der Waals surface area contributed by atoms with Gasteiger partial charge >= 0.3 is 5.91 Å². The van der Waals surface area contributed by atoms with Gasteiger partial charge in [0.15, 0.2) is 0 Å². The van der Waals surface area contributed by atoms with E-state index in [4.69, 9.17) is 0 Å². The second-order valence-corrected chi connectivity index (χ2v) is 10.2. The summed E-state index contributed by atoms with van der Waals surface area (Å²) in [5, 5.41) is 4.77. The van der Waals surface area contributed by atoms with Crippen LogP contribution in [0.2, 0.25) is 0 Å². The number of rotatable bonds is 3. The van der Waals surface area contributed by atoms with Crippen molar-refractivity contribution < 1.29 is 14.4 Å². The van der Waals surface area contributed by atoms with E-state index in [2.05, 4.69) is 20.2 Å². The minimum atomic E-state index is -1.39. The van der Waals surface area contributed by atoms with E-state index < -0.39 is 34.6 Å². The van der Waals surface area contributed by atoms with E-state index in [1.807, 2.05) is 25.1 Å². The number of nitrogens with one attached hydrogen (secondary N) is 2. The summed E-state index contributed by atoms with van der Waals surface area (Å²) in [5.41, 5.74) is 0.835. The highest BCUT2D eigenvalue weighted by molar-refractivity contribution is 7.19. The molecule has 0 saturated carbocycles. The van der Waals surface area contributed by atoms with Crippen molar-refractivity contribution >= 4 is 67.0 Å². The molecule has 11 heteroatoms. The highest BCUT2D eigenvalue weighted by Gasteiger charge is 2.48. The predicted molar refractivity (Wildman–Crippen MR) is 148 cm³/mol. The summed E-state index contributed by atoms with van der Waals surface area (Å²) >= 11 is 1.18. The van der Waals surface area contributed by atoms with Crippen molar-refractivity contribution in [3.05, 3.63) is 97.5 Å². The summed E-state index contributed by atoms with van der Waals surface area (Å²) in [6, 6.07) is 16.9. The minimum absolute atomic E-state index is 0.0115. The molecule has 3 heterocycles. The lowest BCUT2D eigenvalue weighted by Gasteiger charge is -2.30. The van der Waals surface area contributed by atoms with Crippen molar-refractivity contribution in [1.82, 2.24) is 15.2 Å². The molecule has 1 fully saturated rings. The number of para-hydroxylation sites is 1. The van der Waals surface area contributed by atoms with Crippen molar-refractivity contribution in [2.24, 2.45) is 4.99 Å². The van der Waals surface area contributed by atoms with E-state index in [1.54, 1.807) is 31.2 Å². The molecule has 1 atom stereocenters. The second-order valence-electron chi connectivity index (χ2n) is 9.16. The Kier molecular flexibility index (Phi) is 5.65. The van der Waals surface area contributed by atoms with Gasteiger partial charge in [-0.15, -0.1) is 11.3 Å². The molecular weight excluding hydrogens is 518 g/mol. The number of carbonyl (C=O) groups is 3. The number of H-pyrrole nitrogens is 2. The van der Waals surface area contributed by atoms with E-state index in [-0.39, 0.29) is 32.9 Å². The van der Waals surface area contributed by atoms with Crippen LogP contribution in [-0.2, 0) is 14.4 Å². The summed E-state index contributed by atoms with van der Waals surface area (Å²) in [6.45, 7) is 3.54. The van der Waals surface area contributed by atoms with Crippen LogP contribution in [-0.4, -0.2) is 38.5 Å². The van der Waals surface area contributed by atoms with Crippen molar-refractivity contribution in [1.29, 1.82) is 0 Å². The van der Waals surface area contributed by atoms with E-state index in [0.717, 1.165) is 15.2 Å². The number of aromatic amines is 2. The molecule has 0 spiro atoms. The Morgan fingerprint density at radius 3 is 2.44 bits per heavy atom. The van der Waals surface area contributed by atoms with Crippen molar-refractivity contribution in [2.45, 2.75) is 19.8 Å². The molecule has 6 rings (SSSR count). The number of piperidine rings is 1. The highest BCUT2D eigenvalue weighted by atomic mass is 32.1. The summed E-state index contributed by atoms with van der Waals surface area (Å²) in [4.78, 5) is 76.3. The Morgan fingerprint density at radius 2 is 1.64 bits per heavy atom. The van der Waals surface area contributed by atoms with Gasteiger partial charge in [0.25, 0.3) is 17.0 Å². The zero-order valence-electron chi connectivity index (χ0n) is 20.6. The molecule has 1 unspecified atom stereocenters. The summed E-state index contributed by atoms with van der Waals surface area (Å²) in [5.74, 6) is -4.07. The van der Waals surface area contributed by atoms with Gasteiger partial charge in [0.05, 0.1) is 32.4 Å². The average Bonchev–Trinajstić information content (AvgIpc) is 3.35. The number of hydrogen-bond donors (Lipinski definition) is 2. The summed E-state index contributed by atoms with van der Waals surface area (Å²) < 4.78 is 0.768. The number of benzene rings is 3. The zero-order valence-corrected chi connectivity index (χ0v) is 21.5. The molecule has 1 aliphatic rings. The second kappa shape index (κ2) is 9.07. The van der Waals surface area contributed by atoms with Crippen molar-refractivity contribution in [3.63, 3.8) is 0 Å². The lowest BCUT2D eigenvalue weighted by molar-refractivity contribution is -0.139. The molecule has 3 aromatic carbocycles. The lowest BCUT2D eigenvalue weighted by Crippen LogP contribution is -2.55. The van der Waals surface area contributed by atoms with Crippen molar-refractivity contribution in [3.8, 4) is 0 Å². The molecule has 0 bridgehead atoms. The number of ketones is 1. The van der Waals surface area contributed by atoms with Gasteiger partial charge in [-0.05, 0) is 55.3 Å². The number of fused-ring (bicyclic) bond motifs is 2. The third-order valence-corrected chi connectivity index (χ3v) is 7.68. The van der Waals surface area contributed by atoms with Crippen LogP contribution in [0.4, 0.5) is 11.4 Å². The number of amides is 2. The maximum atomic E-state index is 14.1. The quantitative estimate of drug-likeness (QED) is 0.266. The first kappa shape index (κ1) is 24.3. The third-order valence-electron chi connectivity index (χ3n) is 6.58. The fourth-order valence-electron chi connectivity index (χ4n) is 4.66. The average molecular weight is 538 g/mol. The minimum Gasteiger partial charge on any atom is -0.287 e. The number of anilines is 1. The maximum absolute atomic E-state index is 14.1. The van der Waals surface area contributed by atoms with E-state index in [9.17, 15) is 24.0 Å². The van der Waals surface area contributed by atoms with Gasteiger partial charge in [0.2, 0.25) is 5.78 Å². The molecule has 2 amide bonds. The first-order valence-corrected chi connectivity index (χ1v) is 12.7. The number of aliphatic imine (C=N–C) groups is 1. The summed E-state index contributed by atoms with van der Waals surface area (Å²) in [7, 11) is 0. The van der Waals surface area contributed by atoms with Gasteiger partial charge in [-0.3, -0.25) is 34.2 Å². The van der Waals surface area contributed by atoms with Gasteiger partial charge in [-0.25, -0.2) is 14.9 Å². The van der Waals surface area contributed by atoms with E-state index >= 15 is 0 Å². The van der Waals surface area contributed by atoms with Gasteiger partial charge in [-0.1, -0.05) is 30.3 Å². The van der Waals surface area contributed by atoms with Crippen LogP contribution in [0.3, 0.4) is 0 Å². The number of carbonyl (C=O) groups excluding carboxylic acids is 3. The molecule has 10 nitrogen and oxygen atoms in total. The van der Waals surface area contributed by atoms with Crippen LogP contribution in [0.15, 0.2) is 75.2 Å². The number of thiazole rings is 1.